The molecule has 0 unspecified atom stereocenters. The van der Waals surface area contributed by atoms with Crippen LogP contribution in [-0.2, 0) is 13.0 Å². The van der Waals surface area contributed by atoms with Gasteiger partial charge < -0.3 is 10.2 Å². The van der Waals surface area contributed by atoms with Crippen molar-refractivity contribution in [1.82, 2.24) is 30.0 Å². The lowest BCUT2D eigenvalue weighted by molar-refractivity contribution is 0.589. The van der Waals surface area contributed by atoms with Crippen LogP contribution in [0.5, 0.6) is 0 Å². The molecule has 7 nitrogen and oxygen atoms in total. The summed E-state index contributed by atoms with van der Waals surface area (Å²) < 4.78 is 15.6. The highest BCUT2D eigenvalue weighted by Gasteiger charge is 2.16. The summed E-state index contributed by atoms with van der Waals surface area (Å²) in [6.07, 6.45) is 7.15. The molecule has 3 aromatic heterocycles. The number of aromatic nitrogens is 5. The molecule has 0 amide bonds. The smallest absolute Gasteiger partial charge is 0.142 e. The van der Waals surface area contributed by atoms with Gasteiger partial charge in [-0.05, 0) is 36.8 Å². The van der Waals surface area contributed by atoms with E-state index in [1.54, 1.807) is 12.4 Å². The number of pyridine rings is 1. The Morgan fingerprint density at radius 1 is 1.06 bits per heavy atom. The predicted molar refractivity (Wildman–Crippen MR) is 126 cm³/mol. The lowest BCUT2D eigenvalue weighted by Crippen LogP contribution is -2.43. The van der Waals surface area contributed by atoms with Crippen LogP contribution in [0.2, 0.25) is 0 Å². The summed E-state index contributed by atoms with van der Waals surface area (Å²) in [5.41, 5.74) is 5.29. The normalized spacial score (nSPS) is 13.9. The van der Waals surface area contributed by atoms with Gasteiger partial charge in [0.05, 0.1) is 11.9 Å². The molecule has 1 aliphatic heterocycles. The average molecular weight is 444 g/mol. The highest BCUT2D eigenvalue weighted by atomic mass is 19.1. The van der Waals surface area contributed by atoms with Gasteiger partial charge in [0.15, 0.2) is 0 Å². The fraction of sp³-hybridized carbons (Fsp3) is 0.280. The molecule has 1 fully saturated rings. The Hall–Kier alpha value is -3.65. The first-order chi connectivity index (χ1) is 16.2. The lowest BCUT2D eigenvalue weighted by Gasteiger charge is -2.29. The highest BCUT2D eigenvalue weighted by Crippen LogP contribution is 2.30. The summed E-state index contributed by atoms with van der Waals surface area (Å²) >= 11 is 0. The number of benzene rings is 1. The number of hydrogen-bond donors (Lipinski definition) is 1. The van der Waals surface area contributed by atoms with E-state index in [9.17, 15) is 4.39 Å². The van der Waals surface area contributed by atoms with Gasteiger partial charge in [0.2, 0.25) is 0 Å². The van der Waals surface area contributed by atoms with Crippen LogP contribution in [0.25, 0.3) is 22.5 Å². The third-order valence-corrected chi connectivity index (χ3v) is 5.83. The Balaban J connectivity index is 1.40. The van der Waals surface area contributed by atoms with Gasteiger partial charge >= 0.3 is 0 Å². The van der Waals surface area contributed by atoms with Crippen LogP contribution in [0.3, 0.4) is 0 Å². The van der Waals surface area contributed by atoms with Gasteiger partial charge in [-0.1, -0.05) is 12.1 Å². The molecular formula is C25H26FN7. The third-order valence-electron chi connectivity index (χ3n) is 5.83. The average Bonchev–Trinajstić information content (AvgIpc) is 3.30. The van der Waals surface area contributed by atoms with Crippen LogP contribution in [0.1, 0.15) is 18.3 Å². The topological polar surface area (TPSA) is 71.8 Å². The number of piperazine rings is 1. The SMILES string of the molecule is CCn1cc(-c2ccnc(Cc3ccc(N4CCNCC4)cc3)n2)c(-c2cncc(F)c2)n1. The number of aryl methyl sites for hydroxylation is 1. The Bertz CT molecular complexity index is 1230. The highest BCUT2D eigenvalue weighted by molar-refractivity contribution is 5.78. The largest absolute Gasteiger partial charge is 0.369 e. The van der Waals surface area contributed by atoms with E-state index >= 15 is 0 Å². The summed E-state index contributed by atoms with van der Waals surface area (Å²) in [5.74, 6) is 0.340. The number of anilines is 1. The molecule has 1 aromatic carbocycles. The number of nitrogens with one attached hydrogen (secondary N) is 1. The maximum absolute atomic E-state index is 13.8. The van der Waals surface area contributed by atoms with E-state index < -0.39 is 5.82 Å². The van der Waals surface area contributed by atoms with Gasteiger partial charge in [-0.2, -0.15) is 5.10 Å². The zero-order valence-corrected chi connectivity index (χ0v) is 18.6. The fourth-order valence-corrected chi connectivity index (χ4v) is 4.09. The van der Waals surface area contributed by atoms with Crippen molar-refractivity contribution in [3.8, 4) is 22.5 Å². The standard InChI is InChI=1S/C25H26FN7/c1-2-33-17-22(25(31-33)19-14-20(26)16-28-15-19)23-7-8-29-24(30-23)13-18-3-5-21(6-4-18)32-11-9-27-10-12-32/h3-8,14-17,27H,2,9-13H2,1H3. The molecular weight excluding hydrogens is 417 g/mol. The van der Waals surface area contributed by atoms with Gasteiger partial charge in [0.1, 0.15) is 17.3 Å². The van der Waals surface area contributed by atoms with E-state index in [1.165, 1.54) is 18.0 Å². The van der Waals surface area contributed by atoms with E-state index in [-0.39, 0.29) is 0 Å². The van der Waals surface area contributed by atoms with Crippen molar-refractivity contribution in [3.05, 3.63) is 78.4 Å². The fourth-order valence-electron chi connectivity index (χ4n) is 4.09. The van der Waals surface area contributed by atoms with Crippen molar-refractivity contribution in [3.63, 3.8) is 0 Å². The first kappa shape index (κ1) is 21.2. The van der Waals surface area contributed by atoms with Crippen LogP contribution in [0.15, 0.2) is 61.2 Å². The van der Waals surface area contributed by atoms with Crippen molar-refractivity contribution in [2.45, 2.75) is 19.9 Å². The quantitative estimate of drug-likeness (QED) is 0.491. The maximum atomic E-state index is 13.8. The molecule has 1 saturated heterocycles. The van der Waals surface area contributed by atoms with Crippen LogP contribution in [0, 0.1) is 5.82 Å². The van der Waals surface area contributed by atoms with Crippen LogP contribution < -0.4 is 10.2 Å². The molecule has 33 heavy (non-hydrogen) atoms. The van der Waals surface area contributed by atoms with Crippen LogP contribution in [0.4, 0.5) is 10.1 Å². The summed E-state index contributed by atoms with van der Waals surface area (Å²) in [4.78, 5) is 15.7. The molecule has 1 N–H and O–H groups in total. The molecule has 0 bridgehead atoms. The van der Waals surface area contributed by atoms with E-state index in [1.807, 2.05) is 23.9 Å². The molecule has 5 rings (SSSR count). The number of rotatable bonds is 6. The molecule has 168 valence electrons. The molecule has 8 heteroatoms. The molecule has 0 atom stereocenters. The second kappa shape index (κ2) is 9.46. The zero-order chi connectivity index (χ0) is 22.6. The summed E-state index contributed by atoms with van der Waals surface area (Å²) in [5, 5.41) is 8.01. The molecule has 0 aliphatic carbocycles. The van der Waals surface area contributed by atoms with Gasteiger partial charge in [0.25, 0.3) is 0 Å². The number of halogens is 1. The Morgan fingerprint density at radius 3 is 2.64 bits per heavy atom. The monoisotopic (exact) mass is 443 g/mol. The van der Waals surface area contributed by atoms with Crippen molar-refractivity contribution in [2.75, 3.05) is 31.1 Å². The van der Waals surface area contributed by atoms with Gasteiger partial charge in [-0.15, -0.1) is 0 Å². The van der Waals surface area contributed by atoms with Gasteiger partial charge in [-0.25, -0.2) is 14.4 Å². The maximum Gasteiger partial charge on any atom is 0.142 e. The van der Waals surface area contributed by atoms with Crippen molar-refractivity contribution >= 4 is 5.69 Å². The molecule has 0 spiro atoms. The zero-order valence-electron chi connectivity index (χ0n) is 18.6. The van der Waals surface area contributed by atoms with E-state index in [2.05, 4.69) is 49.5 Å². The van der Waals surface area contributed by atoms with E-state index in [0.29, 0.717) is 24.2 Å². The van der Waals surface area contributed by atoms with Crippen LogP contribution >= 0.6 is 0 Å². The number of hydrogen-bond acceptors (Lipinski definition) is 6. The minimum Gasteiger partial charge on any atom is -0.369 e. The molecule has 0 radical (unpaired) electrons. The first-order valence-electron chi connectivity index (χ1n) is 11.2. The first-order valence-corrected chi connectivity index (χ1v) is 11.2. The number of nitrogens with zero attached hydrogens (tertiary/aromatic N) is 6. The summed E-state index contributed by atoms with van der Waals surface area (Å²) in [6.45, 7) is 6.81. The Kier molecular flexibility index (Phi) is 6.08. The van der Waals surface area contributed by atoms with Gasteiger partial charge in [-0.3, -0.25) is 9.67 Å². The minimum atomic E-state index is -0.392. The summed E-state index contributed by atoms with van der Waals surface area (Å²) in [7, 11) is 0. The second-order valence-corrected chi connectivity index (χ2v) is 8.08. The van der Waals surface area contributed by atoms with Gasteiger partial charge in [0, 0.05) is 74.5 Å². The van der Waals surface area contributed by atoms with Crippen LogP contribution in [-0.4, -0.2) is 50.9 Å². The minimum absolute atomic E-state index is 0.392. The van der Waals surface area contributed by atoms with E-state index in [4.69, 9.17) is 4.98 Å². The Labute approximate surface area is 192 Å². The van der Waals surface area contributed by atoms with E-state index in [0.717, 1.165) is 48.8 Å². The summed E-state index contributed by atoms with van der Waals surface area (Å²) in [6, 6.07) is 11.9. The Morgan fingerprint density at radius 2 is 1.88 bits per heavy atom. The third kappa shape index (κ3) is 4.75. The predicted octanol–water partition coefficient (Wildman–Crippen LogP) is 3.56. The molecule has 4 heterocycles. The van der Waals surface area contributed by atoms with Crippen molar-refractivity contribution in [2.24, 2.45) is 0 Å². The molecule has 4 aromatic rings. The van der Waals surface area contributed by atoms with Crippen molar-refractivity contribution in [1.29, 1.82) is 0 Å². The molecule has 1 aliphatic rings. The van der Waals surface area contributed by atoms with Crippen molar-refractivity contribution < 1.29 is 4.39 Å². The molecule has 0 saturated carbocycles. The lowest BCUT2D eigenvalue weighted by atomic mass is 10.1. The second-order valence-electron chi connectivity index (χ2n) is 8.08.